The second-order valence-electron chi connectivity index (χ2n) is 9.42. The Hall–Kier alpha value is -4.65. The minimum absolute atomic E-state index is 0.0750. The van der Waals surface area contributed by atoms with E-state index >= 15 is 0 Å². The number of aryl methyl sites for hydroxylation is 1. The van der Waals surface area contributed by atoms with Crippen LogP contribution in [0, 0.1) is 5.82 Å². The summed E-state index contributed by atoms with van der Waals surface area (Å²) in [5.41, 5.74) is -1.51. The molecule has 2 amide bonds. The molecule has 9 nitrogen and oxygen atoms in total. The molecule has 1 fully saturated rings. The van der Waals surface area contributed by atoms with Gasteiger partial charge in [0.25, 0.3) is 5.91 Å². The number of hydrogen-bond donors (Lipinski definition) is 2. The highest BCUT2D eigenvalue weighted by molar-refractivity contribution is 6.06. The first-order valence-electron chi connectivity index (χ1n) is 12.6. The number of anilines is 1. The molecule has 3 heterocycles. The standard InChI is InChI=1S/C28H24F4N6O3/c1-38-9-7-22(37-38)18-11-19(21(29)12-20(18)28(30,31)32)27(40)35-23-14-33-24(13-25(39)34-17-8-10-41-15-17)36-26(23)16-5-3-2-4-6-16/h2-7,9,11-12,14,17H,8,10,13,15H2,1H3,(H,34,39)(H,35,40). The van der Waals surface area contributed by atoms with Gasteiger partial charge in [0.05, 0.1) is 53.5 Å². The van der Waals surface area contributed by atoms with E-state index in [0.29, 0.717) is 25.2 Å². The van der Waals surface area contributed by atoms with E-state index in [0.717, 1.165) is 6.07 Å². The molecule has 212 valence electrons. The molecular weight excluding hydrogens is 544 g/mol. The second-order valence-corrected chi connectivity index (χ2v) is 9.42. The second kappa shape index (κ2) is 11.5. The maximum Gasteiger partial charge on any atom is 0.417 e. The SMILES string of the molecule is Cn1ccc(-c2cc(C(=O)Nc3cnc(CC(=O)NC4CCOC4)nc3-c3ccccc3)c(F)cc2C(F)(F)F)n1. The van der Waals surface area contributed by atoms with Crippen molar-refractivity contribution in [2.24, 2.45) is 7.05 Å². The van der Waals surface area contributed by atoms with E-state index in [9.17, 15) is 27.2 Å². The van der Waals surface area contributed by atoms with E-state index in [1.54, 1.807) is 30.3 Å². The maximum absolute atomic E-state index is 15.0. The highest BCUT2D eigenvalue weighted by Crippen LogP contribution is 2.38. The van der Waals surface area contributed by atoms with E-state index in [-0.39, 0.29) is 47.3 Å². The third-order valence-electron chi connectivity index (χ3n) is 6.39. The molecule has 0 radical (unpaired) electrons. The third-order valence-corrected chi connectivity index (χ3v) is 6.39. The van der Waals surface area contributed by atoms with E-state index in [2.05, 4.69) is 25.7 Å². The van der Waals surface area contributed by atoms with Crippen molar-refractivity contribution in [1.29, 1.82) is 0 Å². The van der Waals surface area contributed by atoms with Gasteiger partial charge in [0.2, 0.25) is 5.91 Å². The molecule has 1 unspecified atom stereocenters. The number of halogens is 4. The molecule has 1 atom stereocenters. The summed E-state index contributed by atoms with van der Waals surface area (Å²) in [6.45, 7) is 0.992. The number of ether oxygens (including phenoxy) is 1. The van der Waals surface area contributed by atoms with Crippen LogP contribution in [-0.2, 0) is 29.2 Å². The lowest BCUT2D eigenvalue weighted by Crippen LogP contribution is -2.36. The Labute approximate surface area is 231 Å². The van der Waals surface area contributed by atoms with Gasteiger partial charge >= 0.3 is 6.18 Å². The molecule has 2 N–H and O–H groups in total. The van der Waals surface area contributed by atoms with Gasteiger partial charge in [-0.05, 0) is 24.6 Å². The Kier molecular flexibility index (Phi) is 7.79. The number of carbonyl (C=O) groups excluding carboxylic acids is 2. The van der Waals surface area contributed by atoms with Gasteiger partial charge in [0.15, 0.2) is 0 Å². The molecule has 2 aromatic heterocycles. The van der Waals surface area contributed by atoms with Crippen molar-refractivity contribution in [1.82, 2.24) is 25.1 Å². The first-order chi connectivity index (χ1) is 19.6. The monoisotopic (exact) mass is 568 g/mol. The Morgan fingerprint density at radius 2 is 1.93 bits per heavy atom. The number of carbonyl (C=O) groups is 2. The van der Waals surface area contributed by atoms with Crippen LogP contribution >= 0.6 is 0 Å². The highest BCUT2D eigenvalue weighted by Gasteiger charge is 2.36. The molecule has 0 aliphatic carbocycles. The molecule has 0 spiro atoms. The smallest absolute Gasteiger partial charge is 0.379 e. The van der Waals surface area contributed by atoms with Crippen molar-refractivity contribution in [3.05, 3.63) is 83.7 Å². The summed E-state index contributed by atoms with van der Waals surface area (Å²) in [6, 6.07) is 11.0. The van der Waals surface area contributed by atoms with Crippen molar-refractivity contribution in [2.75, 3.05) is 18.5 Å². The summed E-state index contributed by atoms with van der Waals surface area (Å²) >= 11 is 0. The summed E-state index contributed by atoms with van der Waals surface area (Å²) < 4.78 is 62.7. The lowest BCUT2D eigenvalue weighted by atomic mass is 9.99. The van der Waals surface area contributed by atoms with E-state index in [1.165, 1.54) is 30.2 Å². The number of aromatic nitrogens is 4. The molecule has 4 aromatic rings. The van der Waals surface area contributed by atoms with Gasteiger partial charge in [-0.25, -0.2) is 14.4 Å². The number of nitrogens with zero attached hydrogens (tertiary/aromatic N) is 4. The van der Waals surface area contributed by atoms with Crippen molar-refractivity contribution in [2.45, 2.75) is 25.1 Å². The van der Waals surface area contributed by atoms with Gasteiger partial charge in [-0.3, -0.25) is 14.3 Å². The first kappa shape index (κ1) is 27.9. The number of amides is 2. The van der Waals surface area contributed by atoms with Crippen molar-refractivity contribution in [3.63, 3.8) is 0 Å². The lowest BCUT2D eigenvalue weighted by molar-refractivity contribution is -0.137. The van der Waals surface area contributed by atoms with Gasteiger partial charge in [0.1, 0.15) is 11.6 Å². The van der Waals surface area contributed by atoms with Gasteiger partial charge in [-0.15, -0.1) is 0 Å². The fraction of sp³-hybridized carbons (Fsp3) is 0.250. The number of alkyl halides is 3. The van der Waals surface area contributed by atoms with Crippen molar-refractivity contribution >= 4 is 17.5 Å². The molecule has 13 heteroatoms. The van der Waals surface area contributed by atoms with Crippen LogP contribution in [-0.4, -0.2) is 50.8 Å². The van der Waals surface area contributed by atoms with Crippen LogP contribution in [0.3, 0.4) is 0 Å². The molecule has 5 rings (SSSR count). The molecule has 1 aliphatic rings. The Morgan fingerprint density at radius 1 is 1.15 bits per heavy atom. The van der Waals surface area contributed by atoms with Crippen LogP contribution in [0.2, 0.25) is 0 Å². The predicted octanol–water partition coefficient (Wildman–Crippen LogP) is 4.40. The van der Waals surface area contributed by atoms with Crippen LogP contribution in [0.15, 0.2) is 60.9 Å². The van der Waals surface area contributed by atoms with Crippen molar-refractivity contribution < 1.29 is 31.9 Å². The van der Waals surface area contributed by atoms with Crippen LogP contribution in [0.5, 0.6) is 0 Å². The zero-order valence-corrected chi connectivity index (χ0v) is 21.7. The van der Waals surface area contributed by atoms with Gasteiger partial charge < -0.3 is 15.4 Å². The predicted molar refractivity (Wildman–Crippen MR) is 140 cm³/mol. The number of hydrogen-bond acceptors (Lipinski definition) is 6. The summed E-state index contributed by atoms with van der Waals surface area (Å²) in [5.74, 6) is -2.50. The van der Waals surface area contributed by atoms with E-state index < -0.39 is 34.6 Å². The molecule has 0 bridgehead atoms. The minimum Gasteiger partial charge on any atom is -0.379 e. The Bertz CT molecular complexity index is 1580. The van der Waals surface area contributed by atoms with Gasteiger partial charge in [0, 0.05) is 31.0 Å². The summed E-state index contributed by atoms with van der Waals surface area (Å²) in [6.07, 6.45) is -1.60. The zero-order valence-electron chi connectivity index (χ0n) is 21.7. The van der Waals surface area contributed by atoms with Crippen LogP contribution in [0.4, 0.5) is 23.2 Å². The maximum atomic E-state index is 15.0. The minimum atomic E-state index is -4.88. The normalized spacial score (nSPS) is 15.1. The molecule has 2 aromatic carbocycles. The lowest BCUT2D eigenvalue weighted by Gasteiger charge is -2.16. The summed E-state index contributed by atoms with van der Waals surface area (Å²) in [7, 11) is 1.52. The van der Waals surface area contributed by atoms with Crippen LogP contribution in [0.1, 0.15) is 28.2 Å². The van der Waals surface area contributed by atoms with Gasteiger partial charge in [-0.1, -0.05) is 30.3 Å². The largest absolute Gasteiger partial charge is 0.417 e. The van der Waals surface area contributed by atoms with Crippen LogP contribution in [0.25, 0.3) is 22.5 Å². The van der Waals surface area contributed by atoms with Crippen molar-refractivity contribution in [3.8, 4) is 22.5 Å². The van der Waals surface area contributed by atoms with Gasteiger partial charge in [-0.2, -0.15) is 18.3 Å². The Balaban J connectivity index is 1.47. The third kappa shape index (κ3) is 6.40. The average molecular weight is 569 g/mol. The number of nitrogens with one attached hydrogen (secondary N) is 2. The fourth-order valence-electron chi connectivity index (χ4n) is 4.42. The fourth-order valence-corrected chi connectivity index (χ4v) is 4.42. The quantitative estimate of drug-likeness (QED) is 0.320. The summed E-state index contributed by atoms with van der Waals surface area (Å²) in [5, 5.41) is 9.37. The topological polar surface area (TPSA) is 111 Å². The number of rotatable bonds is 7. The van der Waals surface area contributed by atoms with Crippen LogP contribution < -0.4 is 10.6 Å². The van der Waals surface area contributed by atoms with E-state index in [4.69, 9.17) is 4.74 Å². The molecular formula is C28H24F4N6O3. The average Bonchev–Trinajstić information content (AvgIpc) is 3.61. The molecule has 1 saturated heterocycles. The Morgan fingerprint density at radius 3 is 2.59 bits per heavy atom. The molecule has 1 aliphatic heterocycles. The van der Waals surface area contributed by atoms with E-state index in [1.807, 2.05) is 0 Å². The zero-order chi connectivity index (χ0) is 29.1. The number of benzene rings is 2. The first-order valence-corrected chi connectivity index (χ1v) is 12.6. The molecule has 41 heavy (non-hydrogen) atoms. The highest BCUT2D eigenvalue weighted by atomic mass is 19.4. The molecule has 0 saturated carbocycles. The summed E-state index contributed by atoms with van der Waals surface area (Å²) in [4.78, 5) is 34.4.